The van der Waals surface area contributed by atoms with E-state index in [-0.39, 0.29) is 4.21 Å². The molecule has 6 heteroatoms. The predicted molar refractivity (Wildman–Crippen MR) is 64.5 cm³/mol. The molecule has 0 bridgehead atoms. The van der Waals surface area contributed by atoms with Crippen molar-refractivity contribution in [2.75, 3.05) is 7.11 Å². The van der Waals surface area contributed by atoms with Gasteiger partial charge in [-0.25, -0.2) is 13.6 Å². The van der Waals surface area contributed by atoms with Crippen LogP contribution in [0.3, 0.4) is 0 Å². The lowest BCUT2D eigenvalue weighted by Gasteiger charge is -2.03. The number of fused-ring (bicyclic) bond motifs is 1. The van der Waals surface area contributed by atoms with Gasteiger partial charge in [0, 0.05) is 4.70 Å². The van der Waals surface area contributed by atoms with Crippen LogP contribution in [0.25, 0.3) is 10.1 Å². The molecule has 2 N–H and O–H groups in total. The van der Waals surface area contributed by atoms with Crippen LogP contribution in [0.4, 0.5) is 0 Å². The molecule has 0 atom stereocenters. The van der Waals surface area contributed by atoms with Gasteiger partial charge in [0.05, 0.1) is 7.11 Å². The summed E-state index contributed by atoms with van der Waals surface area (Å²) in [6.07, 6.45) is 0. The van der Waals surface area contributed by atoms with Crippen LogP contribution >= 0.6 is 11.3 Å². The highest BCUT2D eigenvalue weighted by Crippen LogP contribution is 2.33. The highest BCUT2D eigenvalue weighted by molar-refractivity contribution is 7.91. The Labute approximate surface area is 97.7 Å². The summed E-state index contributed by atoms with van der Waals surface area (Å²) in [6, 6.07) is 5.28. The smallest absolute Gasteiger partial charge is 0.247 e. The van der Waals surface area contributed by atoms with E-state index in [1.807, 2.05) is 19.1 Å². The van der Waals surface area contributed by atoms with Crippen LogP contribution in [0.2, 0.25) is 0 Å². The molecular formula is C10H11NO3S2. The number of benzene rings is 1. The minimum absolute atomic E-state index is 0.176. The Morgan fingerprint density at radius 3 is 2.56 bits per heavy atom. The third-order valence-corrected chi connectivity index (χ3v) is 4.81. The number of methoxy groups -OCH3 is 1. The van der Waals surface area contributed by atoms with Crippen molar-refractivity contribution >= 4 is 31.4 Å². The average molecular weight is 257 g/mol. The number of thiophene rings is 1. The van der Waals surface area contributed by atoms with E-state index < -0.39 is 10.0 Å². The average Bonchev–Trinajstić information content (AvgIpc) is 2.58. The van der Waals surface area contributed by atoms with E-state index in [0.717, 1.165) is 21.4 Å². The van der Waals surface area contributed by atoms with E-state index in [1.54, 1.807) is 13.2 Å². The Hall–Kier alpha value is -1.11. The number of hydrogen-bond donors (Lipinski definition) is 1. The lowest BCUT2D eigenvalue weighted by molar-refractivity contribution is 0.412. The number of aryl methyl sites for hydroxylation is 1. The van der Waals surface area contributed by atoms with Gasteiger partial charge in [-0.05, 0) is 36.1 Å². The standard InChI is InChI=1S/C10H11NO3S2/c1-6-3-9-7(4-8(6)14-2)5-10(15-9)16(11,12)13/h3-5H,1-2H3,(H2,11,12,13). The van der Waals surface area contributed by atoms with Gasteiger partial charge in [0.2, 0.25) is 10.0 Å². The molecule has 0 saturated heterocycles. The molecule has 1 heterocycles. The van der Waals surface area contributed by atoms with E-state index in [0.29, 0.717) is 0 Å². The number of ether oxygens (including phenoxy) is 1. The van der Waals surface area contributed by atoms with Crippen LogP contribution in [0.15, 0.2) is 22.4 Å². The molecule has 0 aliphatic heterocycles. The molecule has 1 aromatic heterocycles. The van der Waals surface area contributed by atoms with Crippen LogP contribution in [0.5, 0.6) is 5.75 Å². The van der Waals surface area contributed by atoms with E-state index in [9.17, 15) is 8.42 Å². The summed E-state index contributed by atoms with van der Waals surface area (Å²) in [7, 11) is -2.03. The molecule has 4 nitrogen and oxygen atoms in total. The zero-order valence-corrected chi connectivity index (χ0v) is 10.5. The van der Waals surface area contributed by atoms with Crippen molar-refractivity contribution < 1.29 is 13.2 Å². The SMILES string of the molecule is COc1cc2cc(S(N)(=O)=O)sc2cc1C. The highest BCUT2D eigenvalue weighted by Gasteiger charge is 2.13. The van der Waals surface area contributed by atoms with E-state index in [1.165, 1.54) is 11.3 Å². The third-order valence-electron chi connectivity index (χ3n) is 2.29. The summed E-state index contributed by atoms with van der Waals surface area (Å²) < 4.78 is 28.6. The van der Waals surface area contributed by atoms with Crippen molar-refractivity contribution in [2.24, 2.45) is 5.14 Å². The van der Waals surface area contributed by atoms with Crippen LogP contribution < -0.4 is 9.88 Å². The first-order chi connectivity index (χ1) is 7.41. The number of hydrogen-bond acceptors (Lipinski definition) is 4. The number of rotatable bonds is 2. The summed E-state index contributed by atoms with van der Waals surface area (Å²) in [5.74, 6) is 0.742. The number of sulfonamides is 1. The first-order valence-electron chi connectivity index (χ1n) is 4.53. The molecule has 0 saturated carbocycles. The lowest BCUT2D eigenvalue weighted by Crippen LogP contribution is -2.09. The minimum atomic E-state index is -3.62. The van der Waals surface area contributed by atoms with Crippen LogP contribution in [0, 0.1) is 6.92 Å². The van der Waals surface area contributed by atoms with Gasteiger partial charge >= 0.3 is 0 Å². The Kier molecular flexibility index (Phi) is 2.65. The van der Waals surface area contributed by atoms with Gasteiger partial charge in [0.1, 0.15) is 9.96 Å². The molecule has 1 aromatic carbocycles. The predicted octanol–water partition coefficient (Wildman–Crippen LogP) is 1.87. The molecule has 16 heavy (non-hydrogen) atoms. The molecule has 0 aliphatic rings. The number of primary sulfonamides is 1. The first kappa shape index (κ1) is 11.4. The van der Waals surface area contributed by atoms with Gasteiger partial charge < -0.3 is 4.74 Å². The first-order valence-corrected chi connectivity index (χ1v) is 6.89. The zero-order chi connectivity index (χ0) is 11.9. The molecule has 0 amide bonds. The molecule has 0 unspecified atom stereocenters. The Bertz CT molecular complexity index is 643. The monoisotopic (exact) mass is 257 g/mol. The molecule has 2 aromatic rings. The van der Waals surface area contributed by atoms with Crippen LogP contribution in [-0.4, -0.2) is 15.5 Å². The molecule has 0 fully saturated rings. The molecule has 0 spiro atoms. The Morgan fingerprint density at radius 2 is 2.00 bits per heavy atom. The fraction of sp³-hybridized carbons (Fsp3) is 0.200. The van der Waals surface area contributed by atoms with E-state index >= 15 is 0 Å². The van der Waals surface area contributed by atoms with Gasteiger partial charge in [-0.2, -0.15) is 0 Å². The zero-order valence-electron chi connectivity index (χ0n) is 8.85. The van der Waals surface area contributed by atoms with Gasteiger partial charge in [0.15, 0.2) is 0 Å². The van der Waals surface area contributed by atoms with Crippen molar-refractivity contribution in [3.63, 3.8) is 0 Å². The Balaban J connectivity index is 2.72. The van der Waals surface area contributed by atoms with Crippen molar-refractivity contribution in [1.82, 2.24) is 0 Å². The normalized spacial score (nSPS) is 11.9. The van der Waals surface area contributed by atoms with Crippen molar-refractivity contribution in [3.8, 4) is 5.75 Å². The summed E-state index contributed by atoms with van der Waals surface area (Å²) in [5, 5.41) is 5.91. The van der Waals surface area contributed by atoms with Crippen molar-refractivity contribution in [2.45, 2.75) is 11.1 Å². The van der Waals surface area contributed by atoms with Gasteiger partial charge in [0.25, 0.3) is 0 Å². The van der Waals surface area contributed by atoms with Gasteiger partial charge in [-0.15, -0.1) is 11.3 Å². The maximum Gasteiger partial charge on any atom is 0.247 e. The molecule has 0 aliphatic carbocycles. The molecule has 2 rings (SSSR count). The fourth-order valence-electron chi connectivity index (χ4n) is 1.50. The van der Waals surface area contributed by atoms with Crippen molar-refractivity contribution in [1.29, 1.82) is 0 Å². The van der Waals surface area contributed by atoms with E-state index in [4.69, 9.17) is 9.88 Å². The quantitative estimate of drug-likeness (QED) is 0.892. The van der Waals surface area contributed by atoms with Gasteiger partial charge in [-0.3, -0.25) is 0 Å². The summed E-state index contributed by atoms with van der Waals surface area (Å²) in [5.41, 5.74) is 0.970. The topological polar surface area (TPSA) is 69.4 Å². The van der Waals surface area contributed by atoms with Crippen molar-refractivity contribution in [3.05, 3.63) is 23.8 Å². The summed E-state index contributed by atoms with van der Waals surface area (Å²) >= 11 is 1.17. The Morgan fingerprint density at radius 1 is 1.31 bits per heavy atom. The lowest BCUT2D eigenvalue weighted by atomic mass is 10.2. The number of nitrogens with two attached hydrogens (primary N) is 1. The summed E-state index contributed by atoms with van der Waals surface area (Å²) in [6.45, 7) is 1.91. The highest BCUT2D eigenvalue weighted by atomic mass is 32.2. The fourth-order valence-corrected chi connectivity index (χ4v) is 3.40. The van der Waals surface area contributed by atoms with Crippen LogP contribution in [-0.2, 0) is 10.0 Å². The largest absolute Gasteiger partial charge is 0.496 e. The summed E-state index contributed by atoms with van der Waals surface area (Å²) in [4.78, 5) is 0. The molecule has 0 radical (unpaired) electrons. The van der Waals surface area contributed by atoms with E-state index in [2.05, 4.69) is 0 Å². The second-order valence-corrected chi connectivity index (χ2v) is 6.34. The second-order valence-electron chi connectivity index (χ2n) is 3.47. The third kappa shape index (κ3) is 1.91. The maximum atomic E-state index is 11.2. The molecular weight excluding hydrogens is 246 g/mol. The maximum absolute atomic E-state index is 11.2. The van der Waals surface area contributed by atoms with Crippen LogP contribution in [0.1, 0.15) is 5.56 Å². The second kappa shape index (κ2) is 3.73. The van der Waals surface area contributed by atoms with Gasteiger partial charge in [-0.1, -0.05) is 0 Å². The molecule has 86 valence electrons. The minimum Gasteiger partial charge on any atom is -0.496 e.